The van der Waals surface area contributed by atoms with E-state index in [4.69, 9.17) is 27.9 Å². The average molecular weight is 333 g/mol. The van der Waals surface area contributed by atoms with E-state index in [1.807, 2.05) is 11.9 Å². The van der Waals surface area contributed by atoms with Gasteiger partial charge in [-0.1, -0.05) is 23.2 Å². The highest BCUT2D eigenvalue weighted by molar-refractivity contribution is 6.37. The molecule has 1 aromatic rings. The zero-order valence-electron chi connectivity index (χ0n) is 12.0. The summed E-state index contributed by atoms with van der Waals surface area (Å²) in [5.74, 6) is -0.540. The molecule has 1 aliphatic rings. The van der Waals surface area contributed by atoms with Crippen molar-refractivity contribution in [1.29, 1.82) is 0 Å². The summed E-state index contributed by atoms with van der Waals surface area (Å²) in [4.78, 5) is 15.8. The van der Waals surface area contributed by atoms with Crippen LogP contribution in [0, 0.1) is 0 Å². The van der Waals surface area contributed by atoms with Crippen molar-refractivity contribution >= 4 is 29.2 Å². The second-order valence-corrected chi connectivity index (χ2v) is 5.91. The number of aliphatic carboxylic acids is 1. The Morgan fingerprint density at radius 1 is 1.24 bits per heavy atom. The normalized spacial score (nSPS) is 18.5. The highest BCUT2D eigenvalue weighted by Crippen LogP contribution is 2.37. The molecule has 0 bridgehead atoms. The highest BCUT2D eigenvalue weighted by atomic mass is 35.5. The van der Waals surface area contributed by atoms with Crippen molar-refractivity contribution in [1.82, 2.24) is 9.80 Å². The van der Waals surface area contributed by atoms with Crippen molar-refractivity contribution in [2.24, 2.45) is 0 Å². The van der Waals surface area contributed by atoms with Gasteiger partial charge < -0.3 is 14.7 Å². The van der Waals surface area contributed by atoms with Crippen molar-refractivity contribution in [2.75, 3.05) is 40.3 Å². The van der Waals surface area contributed by atoms with Gasteiger partial charge in [-0.2, -0.15) is 0 Å². The van der Waals surface area contributed by atoms with Gasteiger partial charge in [0.15, 0.2) is 5.75 Å². The van der Waals surface area contributed by atoms with Gasteiger partial charge in [0, 0.05) is 26.2 Å². The molecule has 5 nitrogen and oxygen atoms in total. The van der Waals surface area contributed by atoms with Crippen molar-refractivity contribution in [3.63, 3.8) is 0 Å². The maximum atomic E-state index is 11.7. The molecule has 0 spiro atoms. The lowest BCUT2D eigenvalue weighted by molar-refractivity contribution is -0.144. The number of piperazine rings is 1. The molecule has 0 saturated carbocycles. The highest BCUT2D eigenvalue weighted by Gasteiger charge is 2.30. The fourth-order valence-corrected chi connectivity index (χ4v) is 3.18. The summed E-state index contributed by atoms with van der Waals surface area (Å²) in [5.41, 5.74) is 0.572. The van der Waals surface area contributed by atoms with E-state index in [1.54, 1.807) is 12.1 Å². The minimum Gasteiger partial charge on any atom is -0.494 e. The molecule has 1 N–H and O–H groups in total. The molecule has 1 saturated heterocycles. The SMILES string of the molecule is COc1c(Cl)cc(C(C(=O)O)N2CCN(C)CC2)cc1Cl. The number of ether oxygens (including phenoxy) is 1. The van der Waals surface area contributed by atoms with Crippen LogP contribution in [0.5, 0.6) is 5.75 Å². The average Bonchev–Trinajstić information content (AvgIpc) is 2.40. The van der Waals surface area contributed by atoms with Crippen LogP contribution in [0.2, 0.25) is 10.0 Å². The molecule has 116 valence electrons. The van der Waals surface area contributed by atoms with E-state index in [9.17, 15) is 9.90 Å². The number of hydrogen-bond acceptors (Lipinski definition) is 4. The van der Waals surface area contributed by atoms with Crippen LogP contribution in [0.25, 0.3) is 0 Å². The van der Waals surface area contributed by atoms with Crippen LogP contribution in [0.15, 0.2) is 12.1 Å². The minimum absolute atomic E-state index is 0.320. The lowest BCUT2D eigenvalue weighted by Gasteiger charge is -2.36. The monoisotopic (exact) mass is 332 g/mol. The molecular formula is C14H18Cl2N2O3. The van der Waals surface area contributed by atoms with Crippen LogP contribution in [-0.2, 0) is 4.79 Å². The number of likely N-dealkylation sites (N-methyl/N-ethyl adjacent to an activating group) is 1. The molecule has 1 unspecified atom stereocenters. The largest absolute Gasteiger partial charge is 0.494 e. The van der Waals surface area contributed by atoms with E-state index in [1.165, 1.54) is 7.11 Å². The summed E-state index contributed by atoms with van der Waals surface area (Å²) in [5, 5.41) is 10.2. The second kappa shape index (κ2) is 6.83. The number of halogens is 2. The Morgan fingerprint density at radius 2 is 1.76 bits per heavy atom. The molecule has 0 aliphatic carbocycles. The standard InChI is InChI=1S/C14H18Cl2N2O3/c1-17-3-5-18(6-4-17)12(14(19)20)9-7-10(15)13(21-2)11(16)8-9/h7-8,12H,3-6H2,1-2H3,(H,19,20). The topological polar surface area (TPSA) is 53.0 Å². The number of hydrogen-bond donors (Lipinski definition) is 1. The zero-order valence-corrected chi connectivity index (χ0v) is 13.5. The van der Waals surface area contributed by atoms with Crippen LogP contribution in [0.3, 0.4) is 0 Å². The maximum absolute atomic E-state index is 11.7. The van der Waals surface area contributed by atoms with Crippen molar-refractivity contribution in [3.05, 3.63) is 27.7 Å². The van der Waals surface area contributed by atoms with Crippen molar-refractivity contribution < 1.29 is 14.6 Å². The quantitative estimate of drug-likeness (QED) is 0.917. The Bertz CT molecular complexity index is 508. The first-order chi connectivity index (χ1) is 9.93. The van der Waals surface area contributed by atoms with Crippen molar-refractivity contribution in [2.45, 2.75) is 6.04 Å². The summed E-state index contributed by atoms with van der Waals surface area (Å²) < 4.78 is 5.10. The Morgan fingerprint density at radius 3 is 2.19 bits per heavy atom. The van der Waals surface area contributed by atoms with E-state index < -0.39 is 12.0 Å². The summed E-state index contributed by atoms with van der Waals surface area (Å²) in [6.07, 6.45) is 0. The third-order valence-corrected chi connectivity index (χ3v) is 4.24. The maximum Gasteiger partial charge on any atom is 0.325 e. The van der Waals surface area contributed by atoms with E-state index in [2.05, 4.69) is 4.90 Å². The van der Waals surface area contributed by atoms with Crippen LogP contribution in [0.1, 0.15) is 11.6 Å². The van der Waals surface area contributed by atoms with E-state index in [0.29, 0.717) is 34.4 Å². The number of methoxy groups -OCH3 is 1. The molecule has 1 fully saturated rings. The first-order valence-electron chi connectivity index (χ1n) is 6.62. The van der Waals surface area contributed by atoms with Crippen LogP contribution >= 0.6 is 23.2 Å². The third-order valence-electron chi connectivity index (χ3n) is 3.68. The molecule has 1 heterocycles. The predicted octanol–water partition coefficient (Wildman–Crippen LogP) is 2.38. The van der Waals surface area contributed by atoms with Gasteiger partial charge in [-0.25, -0.2) is 0 Å². The number of benzene rings is 1. The molecule has 1 atom stereocenters. The van der Waals surface area contributed by atoms with Gasteiger partial charge in [0.05, 0.1) is 17.2 Å². The van der Waals surface area contributed by atoms with E-state index in [0.717, 1.165) is 13.1 Å². The Kier molecular flexibility index (Phi) is 5.32. The number of carboxylic acid groups (broad SMARTS) is 1. The Balaban J connectivity index is 2.33. The molecule has 21 heavy (non-hydrogen) atoms. The van der Waals surface area contributed by atoms with E-state index >= 15 is 0 Å². The number of carbonyl (C=O) groups is 1. The molecule has 7 heteroatoms. The fourth-order valence-electron chi connectivity index (χ4n) is 2.52. The first-order valence-corrected chi connectivity index (χ1v) is 7.38. The number of carboxylic acids is 1. The summed E-state index contributed by atoms with van der Waals surface area (Å²) in [6.45, 7) is 3.05. The fraction of sp³-hybridized carbons (Fsp3) is 0.500. The summed E-state index contributed by atoms with van der Waals surface area (Å²) in [6, 6.07) is 2.48. The van der Waals surface area contributed by atoms with Crippen molar-refractivity contribution in [3.8, 4) is 5.75 Å². The predicted molar refractivity (Wildman–Crippen MR) is 82.5 cm³/mol. The van der Waals surface area contributed by atoms with Crippen LogP contribution in [0.4, 0.5) is 0 Å². The third kappa shape index (κ3) is 3.61. The molecular weight excluding hydrogens is 315 g/mol. The lowest BCUT2D eigenvalue weighted by atomic mass is 10.0. The molecule has 1 aromatic carbocycles. The van der Waals surface area contributed by atoms with Gasteiger partial charge in [0.1, 0.15) is 6.04 Å². The first kappa shape index (κ1) is 16.4. The summed E-state index contributed by atoms with van der Waals surface area (Å²) in [7, 11) is 3.50. The smallest absolute Gasteiger partial charge is 0.325 e. The summed E-state index contributed by atoms with van der Waals surface area (Å²) >= 11 is 12.2. The molecule has 1 aliphatic heterocycles. The van der Waals surface area contributed by atoms with Gasteiger partial charge in [-0.05, 0) is 24.7 Å². The number of rotatable bonds is 4. The molecule has 2 rings (SSSR count). The van der Waals surface area contributed by atoms with Crippen LogP contribution < -0.4 is 4.74 Å². The van der Waals surface area contributed by atoms with Gasteiger partial charge in [-0.3, -0.25) is 9.69 Å². The Hall–Kier alpha value is -1.01. The van der Waals surface area contributed by atoms with Gasteiger partial charge in [-0.15, -0.1) is 0 Å². The van der Waals surface area contributed by atoms with Gasteiger partial charge in [0.2, 0.25) is 0 Å². The van der Waals surface area contributed by atoms with E-state index in [-0.39, 0.29) is 0 Å². The molecule has 0 aromatic heterocycles. The van der Waals surface area contributed by atoms with Gasteiger partial charge >= 0.3 is 5.97 Å². The number of nitrogens with zero attached hydrogens (tertiary/aromatic N) is 2. The zero-order chi connectivity index (χ0) is 15.6. The van der Waals surface area contributed by atoms with Gasteiger partial charge in [0.25, 0.3) is 0 Å². The van der Waals surface area contributed by atoms with Crippen LogP contribution in [-0.4, -0.2) is 61.2 Å². The Labute approximate surface area is 134 Å². The lowest BCUT2D eigenvalue weighted by Crippen LogP contribution is -2.47. The second-order valence-electron chi connectivity index (χ2n) is 5.10. The minimum atomic E-state index is -0.906. The molecule has 0 radical (unpaired) electrons. The molecule has 0 amide bonds.